The van der Waals surface area contributed by atoms with Crippen molar-refractivity contribution in [3.63, 3.8) is 0 Å². The maximum absolute atomic E-state index is 12.2. The summed E-state index contributed by atoms with van der Waals surface area (Å²) in [6.45, 7) is 1.17. The number of benzene rings is 1. The van der Waals surface area contributed by atoms with Crippen LogP contribution in [0.25, 0.3) is 0 Å². The van der Waals surface area contributed by atoms with Crippen molar-refractivity contribution in [3.05, 3.63) is 23.8 Å². The zero-order valence-electron chi connectivity index (χ0n) is 12.8. The number of anilines is 1. The Morgan fingerprint density at radius 2 is 2.05 bits per heavy atom. The van der Waals surface area contributed by atoms with Gasteiger partial charge in [0, 0.05) is 24.8 Å². The van der Waals surface area contributed by atoms with Crippen LogP contribution in [0.4, 0.5) is 14.5 Å². The molecule has 1 aliphatic rings. The second-order valence-electron chi connectivity index (χ2n) is 4.70. The second-order valence-corrected chi connectivity index (χ2v) is 4.70. The minimum Gasteiger partial charge on any atom is -0.435 e. The molecule has 0 atom stereocenters. The van der Waals surface area contributed by atoms with Gasteiger partial charge in [-0.25, -0.2) is 0 Å². The molecule has 0 saturated heterocycles. The first kappa shape index (κ1) is 17.2. The molecule has 0 heterocycles. The van der Waals surface area contributed by atoms with Crippen LogP contribution >= 0.6 is 0 Å². The number of hydrogen-bond acceptors (Lipinski definition) is 3. The average Bonchev–Trinajstić information content (AvgIpc) is 2.40. The van der Waals surface area contributed by atoms with Gasteiger partial charge in [-0.1, -0.05) is 19.9 Å². The van der Waals surface area contributed by atoms with Crippen molar-refractivity contribution in [2.45, 2.75) is 52.2 Å². The minimum atomic E-state index is -2.83. The first-order valence-corrected chi connectivity index (χ1v) is 7.29. The predicted molar refractivity (Wildman–Crippen MR) is 79.8 cm³/mol. The summed E-state index contributed by atoms with van der Waals surface area (Å²) in [5, 5.41) is 8.83. The molecule has 0 aliphatic heterocycles. The van der Waals surface area contributed by atoms with Crippen LogP contribution in [-0.2, 0) is 6.42 Å². The van der Waals surface area contributed by atoms with Gasteiger partial charge in [-0.15, -0.1) is 0 Å². The predicted octanol–water partition coefficient (Wildman–Crippen LogP) is 4.37. The van der Waals surface area contributed by atoms with Crippen LogP contribution in [0.3, 0.4) is 0 Å². The number of alkyl halides is 2. The Morgan fingerprint density at radius 1 is 1.38 bits per heavy atom. The van der Waals surface area contributed by atoms with Crippen LogP contribution in [0.1, 0.15) is 38.7 Å². The summed E-state index contributed by atoms with van der Waals surface area (Å²) in [6.07, 6.45) is 3.65. The molecule has 1 aromatic carbocycles. The van der Waals surface area contributed by atoms with Gasteiger partial charge in [0.1, 0.15) is 5.75 Å². The monoisotopic (exact) mass is 296 g/mol. The van der Waals surface area contributed by atoms with E-state index in [-0.39, 0.29) is 12.2 Å². The van der Waals surface area contributed by atoms with Crippen LogP contribution in [0.15, 0.2) is 18.2 Å². The lowest BCUT2D eigenvalue weighted by Crippen LogP contribution is -2.37. The van der Waals surface area contributed by atoms with Crippen molar-refractivity contribution in [2.75, 3.05) is 11.9 Å². The highest BCUT2D eigenvalue weighted by molar-refractivity contribution is 5.58. The van der Waals surface area contributed by atoms with Gasteiger partial charge in [0.05, 0.1) is 12.5 Å². The molecule has 1 saturated carbocycles. The molecule has 1 aliphatic carbocycles. The van der Waals surface area contributed by atoms with Gasteiger partial charge in [-0.2, -0.15) is 14.0 Å². The molecule has 0 N–H and O–H groups in total. The quantitative estimate of drug-likeness (QED) is 0.809. The summed E-state index contributed by atoms with van der Waals surface area (Å²) in [4.78, 5) is 2.06. The van der Waals surface area contributed by atoms with Crippen molar-refractivity contribution >= 4 is 5.69 Å². The summed E-state index contributed by atoms with van der Waals surface area (Å²) in [5.41, 5.74) is 1.66. The fourth-order valence-corrected chi connectivity index (χ4v) is 2.25. The van der Waals surface area contributed by atoms with Crippen LogP contribution in [0.5, 0.6) is 5.75 Å². The molecule has 0 spiro atoms. The first-order chi connectivity index (χ1) is 10.1. The largest absolute Gasteiger partial charge is 0.435 e. The molecule has 1 aromatic rings. The van der Waals surface area contributed by atoms with Crippen molar-refractivity contribution in [1.82, 2.24) is 0 Å². The van der Waals surface area contributed by atoms with Crippen molar-refractivity contribution in [2.24, 2.45) is 0 Å². The summed E-state index contributed by atoms with van der Waals surface area (Å²) in [7, 11) is 1.94. The van der Waals surface area contributed by atoms with E-state index in [4.69, 9.17) is 5.26 Å². The number of rotatable bonds is 5. The molecule has 21 heavy (non-hydrogen) atoms. The molecular weight excluding hydrogens is 274 g/mol. The van der Waals surface area contributed by atoms with E-state index in [1.54, 1.807) is 12.1 Å². The van der Waals surface area contributed by atoms with E-state index >= 15 is 0 Å². The lowest BCUT2D eigenvalue weighted by Gasteiger charge is -2.37. The van der Waals surface area contributed by atoms with E-state index in [2.05, 4.69) is 15.7 Å². The smallest absolute Gasteiger partial charge is 0.387 e. The molecule has 116 valence electrons. The number of ether oxygens (including phenoxy) is 1. The summed E-state index contributed by atoms with van der Waals surface area (Å²) >= 11 is 0. The average molecular weight is 296 g/mol. The third-order valence-corrected chi connectivity index (χ3v) is 3.55. The summed E-state index contributed by atoms with van der Waals surface area (Å²) < 4.78 is 28.9. The van der Waals surface area contributed by atoms with Gasteiger partial charge in [0.25, 0.3) is 0 Å². The third kappa shape index (κ3) is 4.59. The maximum Gasteiger partial charge on any atom is 0.387 e. The summed E-state index contributed by atoms with van der Waals surface area (Å²) in [6, 6.07) is 7.29. The third-order valence-electron chi connectivity index (χ3n) is 3.55. The zero-order valence-corrected chi connectivity index (χ0v) is 12.8. The molecule has 1 fully saturated rings. The van der Waals surface area contributed by atoms with Gasteiger partial charge >= 0.3 is 6.61 Å². The first-order valence-electron chi connectivity index (χ1n) is 7.29. The molecular formula is C16H22F2N2O. The SMILES string of the molecule is CC.CN(c1cc(OC(F)F)ccc1CC#N)C1CCC1. The number of halogens is 2. The molecule has 0 bridgehead atoms. The van der Waals surface area contributed by atoms with E-state index in [1.165, 1.54) is 12.5 Å². The molecule has 0 aromatic heterocycles. The number of hydrogen-bond donors (Lipinski definition) is 0. The van der Waals surface area contributed by atoms with Gasteiger partial charge < -0.3 is 9.64 Å². The maximum atomic E-state index is 12.2. The molecule has 2 rings (SSSR count). The van der Waals surface area contributed by atoms with Gasteiger partial charge in [0.15, 0.2) is 0 Å². The highest BCUT2D eigenvalue weighted by atomic mass is 19.3. The number of nitrogens with zero attached hydrogens (tertiary/aromatic N) is 2. The van der Waals surface area contributed by atoms with Crippen LogP contribution in [-0.4, -0.2) is 19.7 Å². The topological polar surface area (TPSA) is 36.3 Å². The van der Waals surface area contributed by atoms with E-state index < -0.39 is 6.61 Å². The Kier molecular flexibility index (Phi) is 6.93. The van der Waals surface area contributed by atoms with Crippen LogP contribution < -0.4 is 9.64 Å². The molecule has 5 heteroatoms. The Morgan fingerprint density at radius 3 is 2.52 bits per heavy atom. The highest BCUT2D eigenvalue weighted by Gasteiger charge is 2.24. The normalized spacial score (nSPS) is 13.8. The lowest BCUT2D eigenvalue weighted by molar-refractivity contribution is -0.0498. The van der Waals surface area contributed by atoms with Crippen LogP contribution in [0, 0.1) is 11.3 Å². The minimum absolute atomic E-state index is 0.137. The van der Waals surface area contributed by atoms with Gasteiger partial charge in [-0.05, 0) is 30.9 Å². The van der Waals surface area contributed by atoms with Gasteiger partial charge in [0.2, 0.25) is 0 Å². The fraction of sp³-hybridized carbons (Fsp3) is 0.562. The highest BCUT2D eigenvalue weighted by Crippen LogP contribution is 2.33. The van der Waals surface area contributed by atoms with Crippen molar-refractivity contribution in [3.8, 4) is 11.8 Å². The number of nitriles is 1. The van der Waals surface area contributed by atoms with Crippen molar-refractivity contribution < 1.29 is 13.5 Å². The van der Waals surface area contributed by atoms with Crippen molar-refractivity contribution in [1.29, 1.82) is 5.26 Å². The second kappa shape index (κ2) is 8.46. The Bertz CT molecular complexity index is 482. The van der Waals surface area contributed by atoms with E-state index in [9.17, 15) is 8.78 Å². The standard InChI is InChI=1S/C14H16F2N2O.C2H6/c1-18(11-3-2-4-11)13-9-12(19-14(15)16)6-5-10(13)7-8-17;1-2/h5-6,9,11,14H,2-4,7H2,1H3;1-2H3. The Hall–Kier alpha value is -1.83. The Balaban J connectivity index is 0.00000106. The zero-order chi connectivity index (χ0) is 15.8. The van der Waals surface area contributed by atoms with E-state index in [0.717, 1.165) is 24.1 Å². The molecule has 3 nitrogen and oxygen atoms in total. The summed E-state index contributed by atoms with van der Waals surface area (Å²) in [5.74, 6) is 0.137. The molecule has 0 radical (unpaired) electrons. The lowest BCUT2D eigenvalue weighted by atomic mass is 9.91. The van der Waals surface area contributed by atoms with Gasteiger partial charge in [-0.3, -0.25) is 0 Å². The fourth-order valence-electron chi connectivity index (χ4n) is 2.25. The molecule has 0 unspecified atom stereocenters. The molecule has 0 amide bonds. The van der Waals surface area contributed by atoms with Crippen LogP contribution in [0.2, 0.25) is 0 Å². The van der Waals surface area contributed by atoms with E-state index in [0.29, 0.717) is 6.04 Å². The van der Waals surface area contributed by atoms with E-state index in [1.807, 2.05) is 20.9 Å². The Labute approximate surface area is 125 Å².